The molecule has 1 aliphatic rings. The standard InChI is InChI=1S/C13H16N2O4S/c1-2-10-8-14(5-6-20-10)12-7-9(13(16)17)3-4-11(12)15(18)19/h3-4,7,10H,2,5-6,8H2,1H3,(H,16,17). The van der Waals surface area contributed by atoms with Gasteiger partial charge in [0.05, 0.1) is 10.5 Å². The summed E-state index contributed by atoms with van der Waals surface area (Å²) in [5.41, 5.74) is 0.460. The number of rotatable bonds is 4. The number of hydrogen-bond acceptors (Lipinski definition) is 5. The predicted octanol–water partition coefficient (Wildman–Crippen LogP) is 2.62. The summed E-state index contributed by atoms with van der Waals surface area (Å²) in [6.07, 6.45) is 0.994. The van der Waals surface area contributed by atoms with E-state index in [1.807, 2.05) is 16.7 Å². The van der Waals surface area contributed by atoms with Crippen molar-refractivity contribution in [1.29, 1.82) is 0 Å². The molecule has 1 aromatic carbocycles. The molecule has 1 heterocycles. The molecule has 0 aromatic heterocycles. The van der Waals surface area contributed by atoms with E-state index < -0.39 is 10.9 Å². The Bertz CT molecular complexity index is 535. The SMILES string of the molecule is CCC1CN(c2cc(C(=O)O)ccc2[N+](=O)[O-])CCS1. The highest BCUT2D eigenvalue weighted by molar-refractivity contribution is 8.00. The Morgan fingerprint density at radius 3 is 2.95 bits per heavy atom. The van der Waals surface area contributed by atoms with E-state index >= 15 is 0 Å². The lowest BCUT2D eigenvalue weighted by molar-refractivity contribution is -0.384. The maximum Gasteiger partial charge on any atom is 0.335 e. The van der Waals surface area contributed by atoms with Gasteiger partial charge in [0.25, 0.3) is 5.69 Å². The number of carboxylic acids is 1. The third kappa shape index (κ3) is 3.04. The van der Waals surface area contributed by atoms with Gasteiger partial charge in [0, 0.05) is 30.2 Å². The molecule has 0 bridgehead atoms. The van der Waals surface area contributed by atoms with Crippen molar-refractivity contribution in [1.82, 2.24) is 0 Å². The smallest absolute Gasteiger partial charge is 0.335 e. The summed E-state index contributed by atoms with van der Waals surface area (Å²) in [7, 11) is 0. The number of benzene rings is 1. The molecular formula is C13H16N2O4S. The van der Waals surface area contributed by atoms with Crippen LogP contribution in [0, 0.1) is 10.1 Å². The molecule has 0 aliphatic carbocycles. The van der Waals surface area contributed by atoms with Crippen molar-refractivity contribution in [2.45, 2.75) is 18.6 Å². The first-order chi connectivity index (χ1) is 9.52. The molecule has 1 saturated heterocycles. The van der Waals surface area contributed by atoms with E-state index in [1.54, 1.807) is 0 Å². The number of aromatic carboxylic acids is 1. The average molecular weight is 296 g/mol. The molecule has 1 N–H and O–H groups in total. The quantitative estimate of drug-likeness (QED) is 0.679. The Labute approximate surface area is 120 Å². The highest BCUT2D eigenvalue weighted by Gasteiger charge is 2.26. The molecule has 0 amide bonds. The third-order valence-corrected chi connectivity index (χ3v) is 4.73. The minimum absolute atomic E-state index is 0.0308. The Hall–Kier alpha value is -1.76. The monoisotopic (exact) mass is 296 g/mol. The molecule has 2 rings (SSSR count). The maximum atomic E-state index is 11.1. The molecule has 0 saturated carbocycles. The Kier molecular flexibility index (Phi) is 4.49. The summed E-state index contributed by atoms with van der Waals surface area (Å²) in [4.78, 5) is 23.6. The van der Waals surface area contributed by atoms with E-state index in [0.717, 1.165) is 12.2 Å². The molecule has 1 unspecified atom stereocenters. The van der Waals surface area contributed by atoms with Crippen LogP contribution in [0.1, 0.15) is 23.7 Å². The van der Waals surface area contributed by atoms with E-state index in [4.69, 9.17) is 5.11 Å². The Balaban J connectivity index is 2.38. The second-order valence-corrected chi connectivity index (χ2v) is 6.02. The molecule has 7 heteroatoms. The molecule has 20 heavy (non-hydrogen) atoms. The summed E-state index contributed by atoms with van der Waals surface area (Å²) in [6, 6.07) is 3.96. The second-order valence-electron chi connectivity index (χ2n) is 4.61. The van der Waals surface area contributed by atoms with Crippen LogP contribution in [-0.4, -0.2) is 40.1 Å². The van der Waals surface area contributed by atoms with Gasteiger partial charge in [-0.15, -0.1) is 0 Å². The van der Waals surface area contributed by atoms with Gasteiger partial charge in [-0.2, -0.15) is 11.8 Å². The van der Waals surface area contributed by atoms with Crippen molar-refractivity contribution in [2.75, 3.05) is 23.7 Å². The van der Waals surface area contributed by atoms with Crippen LogP contribution in [0.5, 0.6) is 0 Å². The van der Waals surface area contributed by atoms with Crippen LogP contribution in [0.3, 0.4) is 0 Å². The van der Waals surface area contributed by atoms with Crippen molar-refractivity contribution in [3.05, 3.63) is 33.9 Å². The van der Waals surface area contributed by atoms with Crippen LogP contribution in [0.2, 0.25) is 0 Å². The highest BCUT2D eigenvalue weighted by atomic mass is 32.2. The minimum atomic E-state index is -1.07. The van der Waals surface area contributed by atoms with Gasteiger partial charge in [0.2, 0.25) is 0 Å². The summed E-state index contributed by atoms with van der Waals surface area (Å²) in [5.74, 6) is -0.174. The largest absolute Gasteiger partial charge is 0.478 e. The molecule has 1 aromatic rings. The first-order valence-electron chi connectivity index (χ1n) is 6.41. The first-order valence-corrected chi connectivity index (χ1v) is 7.46. The number of nitrogens with zero attached hydrogens (tertiary/aromatic N) is 2. The van der Waals surface area contributed by atoms with E-state index in [-0.39, 0.29) is 11.3 Å². The number of carboxylic acid groups (broad SMARTS) is 1. The summed E-state index contributed by atoms with van der Waals surface area (Å²) in [6.45, 7) is 3.50. The molecule has 1 atom stereocenters. The molecule has 108 valence electrons. The van der Waals surface area contributed by atoms with Crippen molar-refractivity contribution in [2.24, 2.45) is 0 Å². The normalized spacial score (nSPS) is 18.9. The minimum Gasteiger partial charge on any atom is -0.478 e. The maximum absolute atomic E-state index is 11.1. The van der Waals surface area contributed by atoms with Crippen molar-refractivity contribution >= 4 is 29.1 Å². The van der Waals surface area contributed by atoms with E-state index in [1.165, 1.54) is 18.2 Å². The van der Waals surface area contributed by atoms with E-state index in [0.29, 0.717) is 24.0 Å². The van der Waals surface area contributed by atoms with Crippen molar-refractivity contribution in [3.63, 3.8) is 0 Å². The Morgan fingerprint density at radius 1 is 1.60 bits per heavy atom. The molecule has 0 radical (unpaired) electrons. The first kappa shape index (κ1) is 14.6. The zero-order chi connectivity index (χ0) is 14.7. The fraction of sp³-hybridized carbons (Fsp3) is 0.462. The van der Waals surface area contributed by atoms with Gasteiger partial charge in [-0.05, 0) is 18.6 Å². The second kappa shape index (κ2) is 6.13. The van der Waals surface area contributed by atoms with Crippen LogP contribution in [-0.2, 0) is 0 Å². The summed E-state index contributed by atoms with van der Waals surface area (Å²) >= 11 is 1.86. The number of nitro benzene ring substituents is 1. The molecule has 1 aliphatic heterocycles. The number of carbonyl (C=O) groups is 1. The number of thioether (sulfide) groups is 1. The topological polar surface area (TPSA) is 83.7 Å². The Morgan fingerprint density at radius 2 is 2.35 bits per heavy atom. The van der Waals surface area contributed by atoms with Gasteiger partial charge in [-0.3, -0.25) is 10.1 Å². The van der Waals surface area contributed by atoms with Crippen LogP contribution in [0.4, 0.5) is 11.4 Å². The zero-order valence-electron chi connectivity index (χ0n) is 11.1. The highest BCUT2D eigenvalue weighted by Crippen LogP contribution is 2.33. The van der Waals surface area contributed by atoms with Crippen molar-refractivity contribution in [3.8, 4) is 0 Å². The number of anilines is 1. The van der Waals surface area contributed by atoms with Gasteiger partial charge >= 0.3 is 5.97 Å². The van der Waals surface area contributed by atoms with Gasteiger partial charge in [0.1, 0.15) is 5.69 Å². The molecule has 1 fully saturated rings. The third-order valence-electron chi connectivity index (χ3n) is 3.35. The number of hydrogen-bond donors (Lipinski definition) is 1. The van der Waals surface area contributed by atoms with E-state index in [9.17, 15) is 14.9 Å². The van der Waals surface area contributed by atoms with Crippen molar-refractivity contribution < 1.29 is 14.8 Å². The fourth-order valence-corrected chi connectivity index (χ4v) is 3.43. The van der Waals surface area contributed by atoms with Crippen LogP contribution < -0.4 is 4.90 Å². The predicted molar refractivity (Wildman–Crippen MR) is 78.8 cm³/mol. The summed E-state index contributed by atoms with van der Waals surface area (Å²) < 4.78 is 0. The summed E-state index contributed by atoms with van der Waals surface area (Å²) in [5, 5.41) is 20.6. The van der Waals surface area contributed by atoms with Crippen LogP contribution in [0.25, 0.3) is 0 Å². The molecule has 6 nitrogen and oxygen atoms in total. The molecular weight excluding hydrogens is 280 g/mol. The average Bonchev–Trinajstić information content (AvgIpc) is 2.46. The van der Waals surface area contributed by atoms with Gasteiger partial charge in [0.15, 0.2) is 0 Å². The lowest BCUT2D eigenvalue weighted by Gasteiger charge is -2.33. The van der Waals surface area contributed by atoms with Gasteiger partial charge < -0.3 is 10.0 Å². The number of nitro groups is 1. The zero-order valence-corrected chi connectivity index (χ0v) is 11.9. The lowest BCUT2D eigenvalue weighted by Crippen LogP contribution is -2.38. The molecule has 0 spiro atoms. The van der Waals surface area contributed by atoms with Gasteiger partial charge in [-0.25, -0.2) is 4.79 Å². The van der Waals surface area contributed by atoms with E-state index in [2.05, 4.69) is 6.92 Å². The lowest BCUT2D eigenvalue weighted by atomic mass is 10.1. The van der Waals surface area contributed by atoms with Gasteiger partial charge in [-0.1, -0.05) is 6.92 Å². The van der Waals surface area contributed by atoms with Crippen LogP contribution in [0.15, 0.2) is 18.2 Å². The fourth-order valence-electron chi connectivity index (χ4n) is 2.25. The van der Waals surface area contributed by atoms with Crippen LogP contribution >= 0.6 is 11.8 Å².